The van der Waals surface area contributed by atoms with Crippen LogP contribution in [0.4, 0.5) is 0 Å². The molecule has 0 spiro atoms. The van der Waals surface area contributed by atoms with Crippen molar-refractivity contribution >= 4 is 22.1 Å². The van der Waals surface area contributed by atoms with Crippen LogP contribution in [0.15, 0.2) is 6.20 Å². The quantitative estimate of drug-likeness (QED) is 0.475. The van der Waals surface area contributed by atoms with E-state index in [1.807, 2.05) is 0 Å². The first-order valence-corrected chi connectivity index (χ1v) is 16.6. The number of nitrogens with zero attached hydrogens (tertiary/aromatic N) is 3. The number of hydrogen-bond donors (Lipinski definition) is 0. The predicted octanol–water partition coefficient (Wildman–Crippen LogP) is 4.74. The molecule has 1 heterocycles. The number of aryl methyl sites for hydroxylation is 1. The van der Waals surface area contributed by atoms with E-state index in [9.17, 15) is 0 Å². The van der Waals surface area contributed by atoms with Gasteiger partial charge in [-0.3, -0.25) is 0 Å². The van der Waals surface area contributed by atoms with Crippen LogP contribution in [0, 0.1) is 0 Å². The molecular formula is C17H35N3Sn. The minimum absolute atomic E-state index is 1.02. The van der Waals surface area contributed by atoms with Gasteiger partial charge in [0.15, 0.2) is 0 Å². The van der Waals surface area contributed by atoms with Gasteiger partial charge in [0.1, 0.15) is 0 Å². The monoisotopic (exact) mass is 401 g/mol. The second kappa shape index (κ2) is 10.6. The van der Waals surface area contributed by atoms with Crippen molar-refractivity contribution in [3.8, 4) is 0 Å². The summed E-state index contributed by atoms with van der Waals surface area (Å²) in [7, 11) is 0. The average Bonchev–Trinajstić information content (AvgIpc) is 2.96. The fourth-order valence-electron chi connectivity index (χ4n) is 3.18. The maximum atomic E-state index is 4.67. The van der Waals surface area contributed by atoms with Crippen molar-refractivity contribution in [2.45, 2.75) is 92.5 Å². The Morgan fingerprint density at radius 1 is 0.857 bits per heavy atom. The molecule has 3 nitrogen and oxygen atoms in total. The number of rotatable bonds is 12. The molecule has 21 heavy (non-hydrogen) atoms. The van der Waals surface area contributed by atoms with Crippen molar-refractivity contribution in [2.75, 3.05) is 0 Å². The Morgan fingerprint density at radius 2 is 1.38 bits per heavy atom. The topological polar surface area (TPSA) is 30.7 Å². The molecule has 122 valence electrons. The zero-order valence-corrected chi connectivity index (χ0v) is 17.6. The standard InChI is InChI=1S/C5H8N3.3C4H9.Sn/c1-2-4-8-5-3-6-7-8;3*1-3-4-2;/h5H,2,4H2,1H3;3*1,3-4H2,2H3;. The molecule has 0 saturated heterocycles. The molecule has 0 amide bonds. The van der Waals surface area contributed by atoms with Gasteiger partial charge in [-0.25, -0.2) is 0 Å². The van der Waals surface area contributed by atoms with E-state index < -0.39 is 18.4 Å². The third-order valence-corrected chi connectivity index (χ3v) is 19.5. The Bertz CT molecular complexity index is 354. The van der Waals surface area contributed by atoms with E-state index in [4.69, 9.17) is 0 Å². The van der Waals surface area contributed by atoms with E-state index in [1.165, 1.54) is 55.5 Å². The summed E-state index contributed by atoms with van der Waals surface area (Å²) in [6, 6.07) is 0. The van der Waals surface area contributed by atoms with Crippen LogP contribution in [0.5, 0.6) is 0 Å². The summed E-state index contributed by atoms with van der Waals surface area (Å²) >= 11 is -2.31. The summed E-state index contributed by atoms with van der Waals surface area (Å²) < 4.78 is 8.00. The molecular weight excluding hydrogens is 365 g/mol. The van der Waals surface area contributed by atoms with Gasteiger partial charge < -0.3 is 0 Å². The third-order valence-electron chi connectivity index (χ3n) is 4.56. The maximum absolute atomic E-state index is 4.67. The minimum atomic E-state index is -2.31. The number of unbranched alkanes of at least 4 members (excludes halogenated alkanes) is 3. The molecule has 1 aromatic heterocycles. The van der Waals surface area contributed by atoms with Crippen molar-refractivity contribution in [2.24, 2.45) is 0 Å². The van der Waals surface area contributed by atoms with Crippen molar-refractivity contribution in [1.82, 2.24) is 15.0 Å². The summed E-state index contributed by atoms with van der Waals surface area (Å²) in [6.07, 6.45) is 11.6. The number of aromatic nitrogens is 3. The van der Waals surface area contributed by atoms with Crippen LogP contribution in [-0.4, -0.2) is 33.4 Å². The fourth-order valence-corrected chi connectivity index (χ4v) is 18.3. The molecule has 1 aromatic rings. The number of hydrogen-bond acceptors (Lipinski definition) is 2. The second-order valence-electron chi connectivity index (χ2n) is 6.46. The fraction of sp³-hybridized carbons (Fsp3) is 0.882. The van der Waals surface area contributed by atoms with Crippen LogP contribution in [0.3, 0.4) is 0 Å². The SMILES string of the molecule is CCC[CH2][Sn]([CH2]CCC)([CH2]CCC)[c]1cn(CCC)nn1. The summed E-state index contributed by atoms with van der Waals surface area (Å²) in [5.74, 6) is 0. The zero-order valence-electron chi connectivity index (χ0n) is 14.7. The molecule has 0 aromatic carbocycles. The van der Waals surface area contributed by atoms with E-state index in [1.54, 1.807) is 0 Å². The summed E-state index contributed by atoms with van der Waals surface area (Å²) in [6.45, 7) is 10.2. The molecule has 0 N–H and O–H groups in total. The van der Waals surface area contributed by atoms with Crippen molar-refractivity contribution in [3.05, 3.63) is 6.20 Å². The van der Waals surface area contributed by atoms with Crippen LogP contribution in [-0.2, 0) is 6.54 Å². The van der Waals surface area contributed by atoms with Gasteiger partial charge in [-0.05, 0) is 0 Å². The molecule has 0 radical (unpaired) electrons. The predicted molar refractivity (Wildman–Crippen MR) is 94.8 cm³/mol. The molecule has 0 atom stereocenters. The van der Waals surface area contributed by atoms with Gasteiger partial charge in [0.05, 0.1) is 0 Å². The van der Waals surface area contributed by atoms with Crippen molar-refractivity contribution in [1.29, 1.82) is 0 Å². The summed E-state index contributed by atoms with van der Waals surface area (Å²) in [5.41, 5.74) is 0. The van der Waals surface area contributed by atoms with Crippen LogP contribution in [0.1, 0.15) is 72.6 Å². The van der Waals surface area contributed by atoms with Gasteiger partial charge >= 0.3 is 136 Å². The van der Waals surface area contributed by atoms with Crippen LogP contribution in [0.25, 0.3) is 0 Å². The van der Waals surface area contributed by atoms with Gasteiger partial charge in [-0.15, -0.1) is 0 Å². The van der Waals surface area contributed by atoms with Crippen molar-refractivity contribution in [3.63, 3.8) is 0 Å². The molecule has 0 aliphatic heterocycles. The van der Waals surface area contributed by atoms with Gasteiger partial charge in [0.2, 0.25) is 0 Å². The van der Waals surface area contributed by atoms with Gasteiger partial charge in [-0.2, -0.15) is 0 Å². The van der Waals surface area contributed by atoms with Gasteiger partial charge in [-0.1, -0.05) is 0 Å². The van der Waals surface area contributed by atoms with E-state index >= 15 is 0 Å². The van der Waals surface area contributed by atoms with E-state index in [0.717, 1.165) is 13.0 Å². The average molecular weight is 400 g/mol. The molecule has 4 heteroatoms. The molecule has 1 rings (SSSR count). The Morgan fingerprint density at radius 3 is 1.81 bits per heavy atom. The van der Waals surface area contributed by atoms with Gasteiger partial charge in [0, 0.05) is 0 Å². The van der Waals surface area contributed by atoms with Crippen LogP contribution < -0.4 is 3.71 Å². The van der Waals surface area contributed by atoms with E-state index in [0.29, 0.717) is 0 Å². The zero-order chi connectivity index (χ0) is 15.6. The van der Waals surface area contributed by atoms with E-state index in [-0.39, 0.29) is 0 Å². The normalized spacial score (nSPS) is 12.0. The molecule has 0 aliphatic rings. The Balaban J connectivity index is 2.97. The summed E-state index contributed by atoms with van der Waals surface area (Å²) in [5, 5.41) is 9.09. The first kappa shape index (κ1) is 19.0. The van der Waals surface area contributed by atoms with Gasteiger partial charge in [0.25, 0.3) is 0 Å². The van der Waals surface area contributed by atoms with Crippen LogP contribution >= 0.6 is 0 Å². The Kier molecular flexibility index (Phi) is 9.61. The molecule has 0 aliphatic carbocycles. The Labute approximate surface area is 135 Å². The van der Waals surface area contributed by atoms with E-state index in [2.05, 4.69) is 48.9 Å². The molecule has 0 bridgehead atoms. The molecule has 0 unspecified atom stereocenters. The molecule has 0 fully saturated rings. The first-order chi connectivity index (χ1) is 10.2. The first-order valence-electron chi connectivity index (χ1n) is 9.13. The summed E-state index contributed by atoms with van der Waals surface area (Å²) in [4.78, 5) is 0. The second-order valence-corrected chi connectivity index (χ2v) is 19.5. The molecule has 0 saturated carbocycles. The van der Waals surface area contributed by atoms with Crippen LogP contribution in [0.2, 0.25) is 13.3 Å². The van der Waals surface area contributed by atoms with Crippen molar-refractivity contribution < 1.29 is 0 Å². The third kappa shape index (κ3) is 5.91. The Hall–Kier alpha value is -0.0613.